The monoisotopic (exact) mass is 285 g/mol. The van der Waals surface area contributed by atoms with Gasteiger partial charge >= 0.3 is 6.03 Å². The Morgan fingerprint density at radius 2 is 2.05 bits per heavy atom. The van der Waals surface area contributed by atoms with Crippen LogP contribution in [0.5, 0.6) is 0 Å². The number of nitrogens with zero attached hydrogens (tertiary/aromatic N) is 3. The maximum atomic E-state index is 12.0. The zero-order valence-corrected chi connectivity index (χ0v) is 12.3. The molecule has 4 amide bonds. The average Bonchev–Trinajstić information content (AvgIpc) is 2.61. The molecule has 1 fully saturated rings. The summed E-state index contributed by atoms with van der Waals surface area (Å²) in [5.41, 5.74) is 0. The van der Waals surface area contributed by atoms with E-state index in [0.717, 1.165) is 0 Å². The van der Waals surface area contributed by atoms with Gasteiger partial charge in [0.15, 0.2) is 0 Å². The second kappa shape index (κ2) is 7.23. The minimum atomic E-state index is -0.307. The van der Waals surface area contributed by atoms with Crippen molar-refractivity contribution in [2.24, 2.45) is 0 Å². The van der Waals surface area contributed by atoms with Crippen LogP contribution >= 0.6 is 0 Å². The normalized spacial score (nSPS) is 15.4. The number of carbonyl (C=O) groups excluding carboxylic acids is 3. The first-order valence-corrected chi connectivity index (χ1v) is 6.84. The second-order valence-corrected chi connectivity index (χ2v) is 5.19. The summed E-state index contributed by atoms with van der Waals surface area (Å²) < 4.78 is 0. The van der Waals surface area contributed by atoms with Crippen LogP contribution in [0.2, 0.25) is 0 Å². The Labute approximate surface area is 119 Å². The Morgan fingerprint density at radius 1 is 1.40 bits per heavy atom. The second-order valence-electron chi connectivity index (χ2n) is 5.19. The van der Waals surface area contributed by atoms with Gasteiger partial charge in [-0.1, -0.05) is 0 Å². The molecule has 0 spiro atoms. The summed E-state index contributed by atoms with van der Waals surface area (Å²) in [6.07, 6.45) is 0.706. The number of hydrogen-bond donors (Lipinski definition) is 1. The molecule has 7 nitrogen and oxygen atoms in total. The van der Waals surface area contributed by atoms with Crippen molar-refractivity contribution < 1.29 is 19.5 Å². The lowest BCUT2D eigenvalue weighted by atomic mass is 10.2. The highest BCUT2D eigenvalue weighted by atomic mass is 16.3. The molecule has 0 atom stereocenters. The average molecular weight is 285 g/mol. The van der Waals surface area contributed by atoms with Crippen molar-refractivity contribution in [1.82, 2.24) is 14.7 Å². The van der Waals surface area contributed by atoms with E-state index in [2.05, 4.69) is 0 Å². The molecule has 114 valence electrons. The molecule has 0 unspecified atom stereocenters. The number of likely N-dealkylation sites (N-methyl/N-ethyl adjacent to an activating group) is 1. The molecule has 1 aliphatic heterocycles. The zero-order valence-electron chi connectivity index (χ0n) is 12.3. The lowest BCUT2D eigenvalue weighted by molar-refractivity contribution is -0.134. The van der Waals surface area contributed by atoms with Gasteiger partial charge in [-0.2, -0.15) is 0 Å². The van der Waals surface area contributed by atoms with Gasteiger partial charge in [-0.3, -0.25) is 14.5 Å². The van der Waals surface area contributed by atoms with E-state index in [4.69, 9.17) is 5.11 Å². The van der Waals surface area contributed by atoms with E-state index in [1.54, 1.807) is 11.9 Å². The zero-order chi connectivity index (χ0) is 15.3. The molecule has 0 aromatic carbocycles. The smallest absolute Gasteiger partial charge is 0.326 e. The molecule has 1 heterocycles. The first kappa shape index (κ1) is 16.4. The molecule has 1 rings (SSSR count). The van der Waals surface area contributed by atoms with Crippen molar-refractivity contribution in [3.63, 3.8) is 0 Å². The molecule has 0 saturated carbocycles. The van der Waals surface area contributed by atoms with Crippen molar-refractivity contribution in [3.05, 3.63) is 0 Å². The summed E-state index contributed by atoms with van der Waals surface area (Å²) >= 11 is 0. The van der Waals surface area contributed by atoms with Crippen LogP contribution in [-0.4, -0.2) is 77.0 Å². The van der Waals surface area contributed by atoms with E-state index in [0.29, 0.717) is 13.0 Å². The lowest BCUT2D eigenvalue weighted by Gasteiger charge is -2.26. The standard InChI is InChI=1S/C13H23N3O4/c1-10(2)15(7-8-17)11(18)5-4-6-16-12(19)9-14(3)13(16)20/h10,17H,4-9H2,1-3H3. The van der Waals surface area contributed by atoms with Crippen molar-refractivity contribution in [2.45, 2.75) is 32.7 Å². The third-order valence-corrected chi connectivity index (χ3v) is 3.29. The lowest BCUT2D eigenvalue weighted by Crippen LogP contribution is -2.39. The fourth-order valence-electron chi connectivity index (χ4n) is 2.20. The minimum absolute atomic E-state index is 0.0239. The highest BCUT2D eigenvalue weighted by molar-refractivity contribution is 6.01. The van der Waals surface area contributed by atoms with E-state index in [1.807, 2.05) is 13.8 Å². The fourth-order valence-corrected chi connectivity index (χ4v) is 2.20. The fraction of sp³-hybridized carbons (Fsp3) is 0.769. The summed E-state index contributed by atoms with van der Waals surface area (Å²) in [5, 5.41) is 8.93. The van der Waals surface area contributed by atoms with Crippen LogP contribution in [-0.2, 0) is 9.59 Å². The van der Waals surface area contributed by atoms with Crippen LogP contribution in [0.3, 0.4) is 0 Å². The Hall–Kier alpha value is -1.63. The molecule has 1 N–H and O–H groups in total. The van der Waals surface area contributed by atoms with Crippen molar-refractivity contribution in [3.8, 4) is 0 Å². The van der Waals surface area contributed by atoms with Crippen LogP contribution in [0.1, 0.15) is 26.7 Å². The Balaban J connectivity index is 2.42. The Morgan fingerprint density at radius 3 is 2.50 bits per heavy atom. The van der Waals surface area contributed by atoms with Gasteiger partial charge in [-0.15, -0.1) is 0 Å². The van der Waals surface area contributed by atoms with Crippen LogP contribution < -0.4 is 0 Å². The Kier molecular flexibility index (Phi) is 5.94. The van der Waals surface area contributed by atoms with Gasteiger partial charge in [0.2, 0.25) is 11.8 Å². The summed E-state index contributed by atoms with van der Waals surface area (Å²) in [6.45, 7) is 4.37. The molecule has 1 saturated heterocycles. The number of imide groups is 1. The van der Waals surface area contributed by atoms with Crippen molar-refractivity contribution >= 4 is 17.8 Å². The van der Waals surface area contributed by atoms with E-state index in [9.17, 15) is 14.4 Å². The summed E-state index contributed by atoms with van der Waals surface area (Å²) in [6, 6.07) is -0.283. The predicted molar refractivity (Wildman–Crippen MR) is 72.9 cm³/mol. The van der Waals surface area contributed by atoms with Gasteiger partial charge in [0.05, 0.1) is 6.61 Å². The highest BCUT2D eigenvalue weighted by Crippen LogP contribution is 2.10. The summed E-state index contributed by atoms with van der Waals surface area (Å²) in [7, 11) is 1.58. The molecule has 0 aromatic heterocycles. The quantitative estimate of drug-likeness (QED) is 0.662. The van der Waals surface area contributed by atoms with Crippen LogP contribution in [0, 0.1) is 0 Å². The number of amides is 4. The number of carbonyl (C=O) groups is 3. The minimum Gasteiger partial charge on any atom is -0.395 e. The molecule has 0 bridgehead atoms. The van der Waals surface area contributed by atoms with Crippen molar-refractivity contribution in [1.29, 1.82) is 0 Å². The SMILES string of the molecule is CC(C)N(CCO)C(=O)CCCN1C(=O)CN(C)C1=O. The Bertz CT molecular complexity index is 384. The predicted octanol–water partition coefficient (Wildman–Crippen LogP) is -0.110. The molecule has 7 heteroatoms. The van der Waals surface area contributed by atoms with E-state index in [1.165, 1.54) is 9.80 Å². The van der Waals surface area contributed by atoms with E-state index in [-0.39, 0.29) is 50.0 Å². The van der Waals surface area contributed by atoms with Crippen LogP contribution in [0.15, 0.2) is 0 Å². The molecular weight excluding hydrogens is 262 g/mol. The first-order chi connectivity index (χ1) is 9.38. The molecule has 0 aromatic rings. The molecule has 0 aliphatic carbocycles. The van der Waals surface area contributed by atoms with Crippen LogP contribution in [0.4, 0.5) is 4.79 Å². The van der Waals surface area contributed by atoms with Gasteiger partial charge in [0.1, 0.15) is 6.54 Å². The molecule has 20 heavy (non-hydrogen) atoms. The summed E-state index contributed by atoms with van der Waals surface area (Å²) in [5.74, 6) is -0.289. The topological polar surface area (TPSA) is 81.2 Å². The van der Waals surface area contributed by atoms with Gasteiger partial charge < -0.3 is 14.9 Å². The van der Waals surface area contributed by atoms with Crippen molar-refractivity contribution in [2.75, 3.05) is 33.3 Å². The number of rotatable bonds is 7. The largest absolute Gasteiger partial charge is 0.395 e. The third-order valence-electron chi connectivity index (χ3n) is 3.29. The van der Waals surface area contributed by atoms with Gasteiger partial charge in [0.25, 0.3) is 0 Å². The van der Waals surface area contributed by atoms with Gasteiger partial charge in [-0.05, 0) is 20.3 Å². The number of urea groups is 1. The number of aliphatic hydroxyl groups excluding tert-OH is 1. The van der Waals surface area contributed by atoms with E-state index >= 15 is 0 Å². The maximum Gasteiger partial charge on any atom is 0.326 e. The van der Waals surface area contributed by atoms with Gasteiger partial charge in [0, 0.05) is 32.6 Å². The van der Waals surface area contributed by atoms with E-state index < -0.39 is 0 Å². The van der Waals surface area contributed by atoms with Gasteiger partial charge in [-0.25, -0.2) is 4.79 Å². The first-order valence-electron chi connectivity index (χ1n) is 6.84. The third kappa shape index (κ3) is 3.93. The summed E-state index contributed by atoms with van der Waals surface area (Å²) in [4.78, 5) is 39.3. The maximum absolute atomic E-state index is 12.0. The number of hydrogen-bond acceptors (Lipinski definition) is 4. The molecule has 1 aliphatic rings. The van der Waals surface area contributed by atoms with Crippen LogP contribution in [0.25, 0.3) is 0 Å². The number of aliphatic hydroxyl groups is 1. The molecular formula is C13H23N3O4. The molecule has 0 radical (unpaired) electrons. The highest BCUT2D eigenvalue weighted by Gasteiger charge is 2.33.